The molecular formula is C6H8N3O2. The molecule has 5 nitrogen and oxygen atoms in total. The fourth-order valence-corrected chi connectivity index (χ4v) is 0.332. The molecule has 0 aromatic carbocycles. The van der Waals surface area contributed by atoms with Gasteiger partial charge in [-0.2, -0.15) is 5.26 Å². The summed E-state index contributed by atoms with van der Waals surface area (Å²) in [4.78, 5) is 14.8. The van der Waals surface area contributed by atoms with Gasteiger partial charge in [0.15, 0.2) is 0 Å². The molecule has 0 aliphatic heterocycles. The highest BCUT2D eigenvalue weighted by molar-refractivity contribution is 6.07. The van der Waals surface area contributed by atoms with E-state index in [0.29, 0.717) is 6.61 Å². The van der Waals surface area contributed by atoms with Crippen molar-refractivity contribution in [3.63, 3.8) is 0 Å². The molecule has 59 valence electrons. The highest BCUT2D eigenvalue weighted by atomic mass is 16.6. The Labute approximate surface area is 64.6 Å². The van der Waals surface area contributed by atoms with Crippen LogP contribution in [0.25, 0.3) is 0 Å². The fraction of sp³-hybridized carbons (Fsp3) is 0.333. The molecule has 0 aromatic rings. The zero-order valence-electron chi connectivity index (χ0n) is 6.13. The molecule has 0 heterocycles. The molecule has 1 amide bonds. The van der Waals surface area contributed by atoms with Crippen molar-refractivity contribution in [2.75, 3.05) is 6.61 Å². The largest absolute Gasteiger partial charge is 0.394 e. The van der Waals surface area contributed by atoms with Gasteiger partial charge in [0.1, 0.15) is 12.7 Å². The second-order valence-electron chi connectivity index (χ2n) is 1.52. The van der Waals surface area contributed by atoms with E-state index in [1.54, 1.807) is 13.0 Å². The minimum absolute atomic E-state index is 0.188. The molecule has 0 rings (SSSR count). The Hall–Kier alpha value is -1.57. The quantitative estimate of drug-likeness (QED) is 0.340. The molecule has 0 bridgehead atoms. The van der Waals surface area contributed by atoms with E-state index in [-0.39, 0.29) is 5.84 Å². The molecular weight excluding hydrogens is 146 g/mol. The van der Waals surface area contributed by atoms with E-state index in [9.17, 15) is 4.79 Å². The number of nitriles is 1. The van der Waals surface area contributed by atoms with Crippen LogP contribution >= 0.6 is 0 Å². The molecule has 0 saturated heterocycles. The van der Waals surface area contributed by atoms with Gasteiger partial charge in [0.2, 0.25) is 11.7 Å². The second kappa shape index (κ2) is 5.23. The lowest BCUT2D eigenvalue weighted by molar-refractivity contribution is -0.115. The maximum atomic E-state index is 10.3. The van der Waals surface area contributed by atoms with E-state index in [1.165, 1.54) is 0 Å². The normalized spacial score (nSPS) is 10.1. The van der Waals surface area contributed by atoms with Crippen molar-refractivity contribution in [3.05, 3.63) is 6.92 Å². The van der Waals surface area contributed by atoms with Gasteiger partial charge in [0.05, 0.1) is 0 Å². The Balaban J connectivity index is 3.97. The summed E-state index contributed by atoms with van der Waals surface area (Å²) in [5.74, 6) is -0.781. The summed E-state index contributed by atoms with van der Waals surface area (Å²) in [5.41, 5.74) is 0. The summed E-state index contributed by atoms with van der Waals surface area (Å²) in [7, 11) is 0. The molecule has 0 aliphatic rings. The number of nitrogens with zero attached hydrogens (tertiary/aromatic N) is 2. The van der Waals surface area contributed by atoms with Gasteiger partial charge in [-0.15, -0.1) is 0 Å². The number of nitrogens with one attached hydrogen (secondary N) is 1. The van der Waals surface area contributed by atoms with Gasteiger partial charge in [-0.05, 0) is 6.92 Å². The maximum Gasteiger partial charge on any atom is 0.250 e. The molecule has 0 spiro atoms. The Morgan fingerprint density at radius 3 is 2.91 bits per heavy atom. The van der Waals surface area contributed by atoms with Gasteiger partial charge >= 0.3 is 0 Å². The SMILES string of the molecule is [CH2]C(=O)N/C(C#N)=N\OCC. The van der Waals surface area contributed by atoms with Crippen molar-refractivity contribution in [3.8, 4) is 6.07 Å². The number of rotatable bonds is 2. The zero-order chi connectivity index (χ0) is 8.69. The summed E-state index contributed by atoms with van der Waals surface area (Å²) in [6, 6.07) is 1.62. The Bertz CT molecular complexity index is 204. The van der Waals surface area contributed by atoms with Crippen molar-refractivity contribution in [2.24, 2.45) is 5.16 Å². The number of carbonyl (C=O) groups excluding carboxylic acids is 1. The number of oxime groups is 1. The van der Waals surface area contributed by atoms with Crippen LogP contribution in [-0.2, 0) is 9.63 Å². The number of amides is 1. The Morgan fingerprint density at radius 1 is 1.91 bits per heavy atom. The van der Waals surface area contributed by atoms with Crippen LogP contribution in [0.3, 0.4) is 0 Å². The second-order valence-corrected chi connectivity index (χ2v) is 1.52. The van der Waals surface area contributed by atoms with Crippen molar-refractivity contribution >= 4 is 11.7 Å². The van der Waals surface area contributed by atoms with Crippen LogP contribution in [0.4, 0.5) is 0 Å². The van der Waals surface area contributed by atoms with Crippen molar-refractivity contribution in [1.29, 1.82) is 5.26 Å². The summed E-state index contributed by atoms with van der Waals surface area (Å²) < 4.78 is 0. The third-order valence-electron chi connectivity index (χ3n) is 0.649. The molecule has 0 aliphatic carbocycles. The third-order valence-corrected chi connectivity index (χ3v) is 0.649. The van der Waals surface area contributed by atoms with E-state index < -0.39 is 5.91 Å². The predicted octanol–water partition coefficient (Wildman–Crippen LogP) is -0.190. The van der Waals surface area contributed by atoms with Gasteiger partial charge in [-0.1, -0.05) is 5.16 Å². The molecule has 11 heavy (non-hydrogen) atoms. The van der Waals surface area contributed by atoms with Crippen LogP contribution in [0, 0.1) is 18.3 Å². The van der Waals surface area contributed by atoms with Crippen LogP contribution in [0.5, 0.6) is 0 Å². The van der Waals surface area contributed by atoms with E-state index >= 15 is 0 Å². The van der Waals surface area contributed by atoms with Gasteiger partial charge < -0.3 is 4.84 Å². The van der Waals surface area contributed by atoms with Crippen LogP contribution in [0.2, 0.25) is 0 Å². The first kappa shape index (κ1) is 9.43. The number of carbonyl (C=O) groups is 1. The summed E-state index contributed by atoms with van der Waals surface area (Å²) in [6.45, 7) is 5.06. The first-order chi connectivity index (χ1) is 5.20. The molecule has 5 heteroatoms. The molecule has 0 aromatic heterocycles. The minimum atomic E-state index is -0.593. The number of amidine groups is 1. The minimum Gasteiger partial charge on any atom is -0.394 e. The van der Waals surface area contributed by atoms with E-state index in [2.05, 4.69) is 22.2 Å². The molecule has 1 radical (unpaired) electrons. The molecule has 0 unspecified atom stereocenters. The monoisotopic (exact) mass is 154 g/mol. The highest BCUT2D eigenvalue weighted by Gasteiger charge is 1.98. The van der Waals surface area contributed by atoms with Gasteiger partial charge in [0, 0.05) is 6.92 Å². The lowest BCUT2D eigenvalue weighted by Crippen LogP contribution is -2.27. The van der Waals surface area contributed by atoms with E-state index in [1.807, 2.05) is 0 Å². The first-order valence-corrected chi connectivity index (χ1v) is 2.93. The van der Waals surface area contributed by atoms with Gasteiger partial charge in [-0.25, -0.2) is 0 Å². The lowest BCUT2D eigenvalue weighted by atomic mass is 10.6. The van der Waals surface area contributed by atoms with Crippen molar-refractivity contribution < 1.29 is 9.63 Å². The smallest absolute Gasteiger partial charge is 0.250 e. The average molecular weight is 154 g/mol. The third kappa shape index (κ3) is 4.90. The predicted molar refractivity (Wildman–Crippen MR) is 38.2 cm³/mol. The number of hydrogen-bond donors (Lipinski definition) is 1. The molecule has 0 fully saturated rings. The van der Waals surface area contributed by atoms with Crippen molar-refractivity contribution in [2.45, 2.75) is 6.92 Å². The van der Waals surface area contributed by atoms with Crippen LogP contribution < -0.4 is 5.32 Å². The van der Waals surface area contributed by atoms with Crippen LogP contribution in [0.1, 0.15) is 6.92 Å². The molecule has 0 atom stereocenters. The lowest BCUT2D eigenvalue weighted by Gasteiger charge is -1.96. The zero-order valence-corrected chi connectivity index (χ0v) is 6.13. The van der Waals surface area contributed by atoms with E-state index in [4.69, 9.17) is 5.26 Å². The topological polar surface area (TPSA) is 74.5 Å². The number of hydrogen-bond acceptors (Lipinski definition) is 4. The van der Waals surface area contributed by atoms with Gasteiger partial charge in [-0.3, -0.25) is 10.1 Å². The standard InChI is InChI=1S/C6H8N3O2/c1-3-11-9-6(4-7)8-5(2)10/h2-3H2,1H3,(H,8,9,10). The summed E-state index contributed by atoms with van der Waals surface area (Å²) >= 11 is 0. The average Bonchev–Trinajstić information content (AvgIpc) is 1.97. The molecule has 0 saturated carbocycles. The van der Waals surface area contributed by atoms with Crippen LogP contribution in [0.15, 0.2) is 5.16 Å². The van der Waals surface area contributed by atoms with Crippen LogP contribution in [-0.4, -0.2) is 18.3 Å². The fourth-order valence-electron chi connectivity index (χ4n) is 0.332. The summed E-state index contributed by atoms with van der Waals surface area (Å²) in [5, 5.41) is 13.7. The highest BCUT2D eigenvalue weighted by Crippen LogP contribution is 1.76. The van der Waals surface area contributed by atoms with Crippen molar-refractivity contribution in [1.82, 2.24) is 5.32 Å². The Morgan fingerprint density at radius 2 is 2.55 bits per heavy atom. The van der Waals surface area contributed by atoms with E-state index in [0.717, 1.165) is 0 Å². The summed E-state index contributed by atoms with van der Waals surface area (Å²) in [6.07, 6.45) is 0. The molecule has 1 N–H and O–H groups in total. The Kier molecular flexibility index (Phi) is 4.49. The maximum absolute atomic E-state index is 10.3. The van der Waals surface area contributed by atoms with Gasteiger partial charge in [0.25, 0.3) is 0 Å². The first-order valence-electron chi connectivity index (χ1n) is 2.93.